The number of carbonyl (C=O) groups excluding carboxylic acids is 1. The number of rotatable bonds is 4. The summed E-state index contributed by atoms with van der Waals surface area (Å²) in [5, 5.41) is 0. The molecule has 2 atom stereocenters. The van der Waals surface area contributed by atoms with Crippen molar-refractivity contribution >= 4 is 18.3 Å². The van der Waals surface area contributed by atoms with Crippen LogP contribution in [-0.4, -0.2) is 29.4 Å². The normalized spacial score (nSPS) is 18.6. The molecule has 1 aliphatic rings. The second-order valence-corrected chi connectivity index (χ2v) is 5.49. The van der Waals surface area contributed by atoms with Crippen molar-refractivity contribution < 1.29 is 4.79 Å². The Morgan fingerprint density at radius 2 is 2.05 bits per heavy atom. The van der Waals surface area contributed by atoms with Gasteiger partial charge < -0.3 is 10.6 Å². The van der Waals surface area contributed by atoms with Crippen LogP contribution in [0.3, 0.4) is 0 Å². The number of benzene rings is 1. The summed E-state index contributed by atoms with van der Waals surface area (Å²) >= 11 is 0. The van der Waals surface area contributed by atoms with E-state index < -0.39 is 6.04 Å². The Morgan fingerprint density at radius 3 is 2.65 bits per heavy atom. The number of aryl methyl sites for hydroxylation is 1. The molecule has 0 bridgehead atoms. The van der Waals surface area contributed by atoms with Crippen molar-refractivity contribution in [3.8, 4) is 0 Å². The number of carbonyl (C=O) groups is 1. The Balaban J connectivity index is 0.00000200. The van der Waals surface area contributed by atoms with E-state index in [0.29, 0.717) is 6.04 Å². The highest BCUT2D eigenvalue weighted by Crippen LogP contribution is 2.25. The lowest BCUT2D eigenvalue weighted by atomic mass is 9.87. The summed E-state index contributed by atoms with van der Waals surface area (Å²) in [7, 11) is 0. The first-order valence-corrected chi connectivity index (χ1v) is 7.26. The molecule has 4 heteroatoms. The van der Waals surface area contributed by atoms with Crippen LogP contribution < -0.4 is 5.73 Å². The van der Waals surface area contributed by atoms with Crippen molar-refractivity contribution in [2.24, 2.45) is 5.73 Å². The molecule has 0 aromatic heterocycles. The number of halogens is 1. The molecule has 0 heterocycles. The Morgan fingerprint density at radius 1 is 1.40 bits per heavy atom. The van der Waals surface area contributed by atoms with Crippen LogP contribution in [0.5, 0.6) is 0 Å². The van der Waals surface area contributed by atoms with E-state index in [1.807, 2.05) is 4.90 Å². The van der Waals surface area contributed by atoms with Gasteiger partial charge in [0.05, 0.1) is 6.04 Å². The van der Waals surface area contributed by atoms with Crippen LogP contribution >= 0.6 is 12.4 Å². The lowest BCUT2D eigenvalue weighted by Crippen LogP contribution is -2.49. The second kappa shape index (κ2) is 7.65. The predicted octanol–water partition coefficient (Wildman–Crippen LogP) is 2.55. The fourth-order valence-corrected chi connectivity index (χ4v) is 2.92. The molecule has 1 amide bonds. The van der Waals surface area contributed by atoms with Gasteiger partial charge in [-0.25, -0.2) is 0 Å². The van der Waals surface area contributed by atoms with Crippen molar-refractivity contribution in [3.05, 3.63) is 35.4 Å². The minimum atomic E-state index is -0.399. The summed E-state index contributed by atoms with van der Waals surface area (Å²) in [6, 6.07) is 8.47. The van der Waals surface area contributed by atoms with Gasteiger partial charge in [0, 0.05) is 12.6 Å². The third-order valence-corrected chi connectivity index (χ3v) is 3.90. The molecule has 0 spiro atoms. The maximum Gasteiger partial charge on any atom is 0.239 e. The predicted molar refractivity (Wildman–Crippen MR) is 85.2 cm³/mol. The first-order valence-electron chi connectivity index (χ1n) is 7.26. The second-order valence-electron chi connectivity index (χ2n) is 5.49. The maximum absolute atomic E-state index is 12.2. The van der Waals surface area contributed by atoms with E-state index in [0.717, 1.165) is 32.2 Å². The minimum Gasteiger partial charge on any atom is -0.338 e. The van der Waals surface area contributed by atoms with Crippen LogP contribution in [0.4, 0.5) is 0 Å². The van der Waals surface area contributed by atoms with Gasteiger partial charge in [0.1, 0.15) is 0 Å². The fraction of sp³-hybridized carbons (Fsp3) is 0.562. The first-order chi connectivity index (χ1) is 9.13. The van der Waals surface area contributed by atoms with Crippen LogP contribution in [0, 0.1) is 0 Å². The van der Waals surface area contributed by atoms with E-state index in [-0.39, 0.29) is 18.3 Å². The zero-order chi connectivity index (χ0) is 13.8. The van der Waals surface area contributed by atoms with Crippen LogP contribution in [0.15, 0.2) is 24.3 Å². The number of hydrogen-bond acceptors (Lipinski definition) is 2. The average molecular weight is 297 g/mol. The molecule has 0 radical (unpaired) electrons. The molecule has 112 valence electrons. The molecule has 3 nitrogen and oxygen atoms in total. The first kappa shape index (κ1) is 17.0. The van der Waals surface area contributed by atoms with Gasteiger partial charge in [0.25, 0.3) is 0 Å². The number of amides is 1. The van der Waals surface area contributed by atoms with Crippen molar-refractivity contribution in [3.63, 3.8) is 0 Å². The summed E-state index contributed by atoms with van der Waals surface area (Å²) in [5.41, 5.74) is 8.60. The molecule has 2 N–H and O–H groups in total. The molecule has 2 rings (SSSR count). The van der Waals surface area contributed by atoms with E-state index in [9.17, 15) is 4.79 Å². The third kappa shape index (κ3) is 3.74. The zero-order valence-electron chi connectivity index (χ0n) is 12.3. The molecular formula is C16H25ClN2O. The van der Waals surface area contributed by atoms with Crippen LogP contribution in [0.1, 0.15) is 37.8 Å². The number of nitrogens with two attached hydrogens (primary N) is 1. The highest BCUT2D eigenvalue weighted by Gasteiger charge is 2.28. The topological polar surface area (TPSA) is 46.3 Å². The smallest absolute Gasteiger partial charge is 0.239 e. The van der Waals surface area contributed by atoms with Crippen molar-refractivity contribution in [1.82, 2.24) is 4.90 Å². The zero-order valence-corrected chi connectivity index (χ0v) is 13.2. The summed E-state index contributed by atoms with van der Waals surface area (Å²) in [5.74, 6) is 0.0891. The highest BCUT2D eigenvalue weighted by molar-refractivity contribution is 5.85. The third-order valence-electron chi connectivity index (χ3n) is 3.90. The highest BCUT2D eigenvalue weighted by atomic mass is 35.5. The Kier molecular flexibility index (Phi) is 6.50. The van der Waals surface area contributed by atoms with Gasteiger partial charge in [0.2, 0.25) is 5.91 Å². The number of nitrogens with zero attached hydrogens (tertiary/aromatic N) is 1. The summed E-state index contributed by atoms with van der Waals surface area (Å²) in [6.45, 7) is 4.70. The van der Waals surface area contributed by atoms with E-state index in [2.05, 4.69) is 31.2 Å². The van der Waals surface area contributed by atoms with Crippen molar-refractivity contribution in [2.45, 2.75) is 51.6 Å². The van der Waals surface area contributed by atoms with Crippen LogP contribution in [0.2, 0.25) is 0 Å². The molecule has 1 aromatic carbocycles. The Bertz CT molecular complexity index is 448. The van der Waals surface area contributed by atoms with Gasteiger partial charge >= 0.3 is 0 Å². The standard InChI is InChI=1S/C16H24N2O.ClH/c1-3-10-18(16(19)12(2)17)15-9-8-13-6-4-5-7-14(13)11-15;/h4-7,12,15H,3,8-11,17H2,1-2H3;1H. The Labute approximate surface area is 127 Å². The van der Waals surface area contributed by atoms with Crippen molar-refractivity contribution in [1.29, 1.82) is 0 Å². The molecule has 0 saturated heterocycles. The number of hydrogen-bond donors (Lipinski definition) is 1. The largest absolute Gasteiger partial charge is 0.338 e. The molecule has 0 saturated carbocycles. The van der Waals surface area contributed by atoms with Gasteiger partial charge in [-0.15, -0.1) is 12.4 Å². The van der Waals surface area contributed by atoms with Crippen molar-refractivity contribution in [2.75, 3.05) is 6.54 Å². The average Bonchev–Trinajstić information content (AvgIpc) is 2.43. The van der Waals surface area contributed by atoms with Crippen LogP contribution in [-0.2, 0) is 17.6 Å². The van der Waals surface area contributed by atoms with Gasteiger partial charge in [-0.3, -0.25) is 4.79 Å². The molecule has 0 fully saturated rings. The molecule has 0 aliphatic heterocycles. The van der Waals surface area contributed by atoms with Gasteiger partial charge in [-0.05, 0) is 43.7 Å². The van der Waals surface area contributed by atoms with E-state index in [1.54, 1.807) is 6.92 Å². The molecule has 1 aliphatic carbocycles. The molecule has 2 unspecified atom stereocenters. The van der Waals surface area contributed by atoms with E-state index >= 15 is 0 Å². The van der Waals surface area contributed by atoms with Gasteiger partial charge in [0.15, 0.2) is 0 Å². The summed E-state index contributed by atoms with van der Waals surface area (Å²) < 4.78 is 0. The molecular weight excluding hydrogens is 272 g/mol. The lowest BCUT2D eigenvalue weighted by molar-refractivity contribution is -0.134. The monoisotopic (exact) mass is 296 g/mol. The van der Waals surface area contributed by atoms with Gasteiger partial charge in [-0.2, -0.15) is 0 Å². The summed E-state index contributed by atoms with van der Waals surface area (Å²) in [4.78, 5) is 14.2. The number of fused-ring (bicyclic) bond motifs is 1. The fourth-order valence-electron chi connectivity index (χ4n) is 2.92. The molecule has 1 aromatic rings. The quantitative estimate of drug-likeness (QED) is 0.928. The summed E-state index contributed by atoms with van der Waals surface area (Å²) in [6.07, 6.45) is 4.06. The SMILES string of the molecule is CCCN(C(=O)C(C)N)C1CCc2ccccc2C1.Cl. The lowest BCUT2D eigenvalue weighted by Gasteiger charge is -2.36. The Hall–Kier alpha value is -1.06. The minimum absolute atomic E-state index is 0. The van der Waals surface area contributed by atoms with E-state index in [4.69, 9.17) is 5.73 Å². The van der Waals surface area contributed by atoms with E-state index in [1.165, 1.54) is 11.1 Å². The molecule has 20 heavy (non-hydrogen) atoms. The van der Waals surface area contributed by atoms with Crippen LogP contribution in [0.25, 0.3) is 0 Å². The van der Waals surface area contributed by atoms with Gasteiger partial charge in [-0.1, -0.05) is 31.2 Å². The maximum atomic E-state index is 12.2.